The predicted octanol–water partition coefficient (Wildman–Crippen LogP) is 3.26. The molecule has 3 nitrogen and oxygen atoms in total. The summed E-state index contributed by atoms with van der Waals surface area (Å²) in [5.41, 5.74) is 0.423. The molecule has 1 N–H and O–H groups in total. The highest BCUT2D eigenvalue weighted by atomic mass is 35.5. The maximum atomic E-state index is 9.88. The van der Waals surface area contributed by atoms with Crippen LogP contribution in [-0.2, 0) is 4.74 Å². The fourth-order valence-electron chi connectivity index (χ4n) is 2.46. The van der Waals surface area contributed by atoms with Crippen LogP contribution >= 0.6 is 11.6 Å². The van der Waals surface area contributed by atoms with Gasteiger partial charge in [0.15, 0.2) is 0 Å². The Balaban J connectivity index is 2.03. The molecule has 4 heteroatoms. The van der Waals surface area contributed by atoms with Crippen molar-refractivity contribution in [1.82, 2.24) is 4.90 Å². The van der Waals surface area contributed by atoms with Crippen molar-refractivity contribution in [2.75, 3.05) is 19.7 Å². The van der Waals surface area contributed by atoms with Gasteiger partial charge in [-0.25, -0.2) is 0 Å². The van der Waals surface area contributed by atoms with Gasteiger partial charge in [-0.3, -0.25) is 4.90 Å². The van der Waals surface area contributed by atoms with Crippen LogP contribution in [0.25, 0.3) is 0 Å². The van der Waals surface area contributed by atoms with E-state index in [0.29, 0.717) is 12.6 Å². The van der Waals surface area contributed by atoms with Gasteiger partial charge in [-0.2, -0.15) is 0 Å². The topological polar surface area (TPSA) is 32.7 Å². The Morgan fingerprint density at radius 1 is 1.40 bits per heavy atom. The summed E-state index contributed by atoms with van der Waals surface area (Å²) in [4.78, 5) is 2.37. The zero-order valence-electron chi connectivity index (χ0n) is 12.5. The first-order chi connectivity index (χ1) is 9.37. The second-order valence-electron chi connectivity index (χ2n) is 6.25. The number of nitrogens with zero attached hydrogens (tertiary/aromatic N) is 1. The van der Waals surface area contributed by atoms with Crippen LogP contribution in [0.5, 0.6) is 0 Å². The van der Waals surface area contributed by atoms with Gasteiger partial charge in [0.05, 0.1) is 18.3 Å². The van der Waals surface area contributed by atoms with Crippen molar-refractivity contribution in [2.24, 2.45) is 0 Å². The lowest BCUT2D eigenvalue weighted by Gasteiger charge is -2.39. The summed E-state index contributed by atoms with van der Waals surface area (Å²) in [6, 6.07) is 8.22. The fraction of sp³-hybridized carbons (Fsp3) is 0.625. The lowest BCUT2D eigenvalue weighted by Crippen LogP contribution is -2.46. The number of halogens is 1. The van der Waals surface area contributed by atoms with Crippen molar-refractivity contribution >= 4 is 11.6 Å². The van der Waals surface area contributed by atoms with Gasteiger partial charge in [-0.15, -0.1) is 0 Å². The first-order valence-corrected chi connectivity index (χ1v) is 7.57. The lowest BCUT2D eigenvalue weighted by atomic mass is 10.0. The maximum absolute atomic E-state index is 9.88. The normalized spacial score (nSPS) is 24.9. The van der Waals surface area contributed by atoms with Crippen LogP contribution in [0.3, 0.4) is 0 Å². The summed E-state index contributed by atoms with van der Waals surface area (Å²) in [5.74, 6) is 0. The van der Waals surface area contributed by atoms with Gasteiger partial charge in [-0.1, -0.05) is 29.8 Å². The third-order valence-corrected chi connectivity index (χ3v) is 4.17. The summed E-state index contributed by atoms with van der Waals surface area (Å²) in [6.45, 7) is 8.25. The van der Waals surface area contributed by atoms with Crippen molar-refractivity contribution < 1.29 is 9.84 Å². The summed E-state index contributed by atoms with van der Waals surface area (Å²) >= 11 is 6.25. The van der Waals surface area contributed by atoms with Crippen LogP contribution in [0, 0.1) is 0 Å². The number of hydrogen-bond acceptors (Lipinski definition) is 3. The molecule has 1 aliphatic rings. The van der Waals surface area contributed by atoms with E-state index in [1.165, 1.54) is 0 Å². The molecule has 1 aromatic rings. The number of morpholine rings is 1. The van der Waals surface area contributed by atoms with E-state index < -0.39 is 5.60 Å². The van der Waals surface area contributed by atoms with Gasteiger partial charge in [0.1, 0.15) is 0 Å². The quantitative estimate of drug-likeness (QED) is 0.926. The van der Waals surface area contributed by atoms with Gasteiger partial charge >= 0.3 is 0 Å². The zero-order valence-corrected chi connectivity index (χ0v) is 13.2. The van der Waals surface area contributed by atoms with E-state index in [4.69, 9.17) is 16.3 Å². The third-order valence-electron chi connectivity index (χ3n) is 3.83. The number of hydrogen-bond donors (Lipinski definition) is 1. The third kappa shape index (κ3) is 4.19. The van der Waals surface area contributed by atoms with Gasteiger partial charge in [0.2, 0.25) is 0 Å². The van der Waals surface area contributed by atoms with Gasteiger partial charge < -0.3 is 9.84 Å². The molecular formula is C16H24ClNO2. The molecule has 2 atom stereocenters. The highest BCUT2D eigenvalue weighted by Gasteiger charge is 2.29. The molecule has 2 rings (SSSR count). The minimum atomic E-state index is -0.627. The van der Waals surface area contributed by atoms with E-state index in [0.717, 1.165) is 30.1 Å². The molecule has 1 saturated heterocycles. The highest BCUT2D eigenvalue weighted by molar-refractivity contribution is 6.31. The number of aliphatic hydroxyl groups is 1. The molecule has 1 heterocycles. The Kier molecular flexibility index (Phi) is 5.08. The molecule has 0 amide bonds. The average Bonchev–Trinajstić information content (AvgIpc) is 2.38. The minimum absolute atomic E-state index is 0.0155. The molecule has 0 radical (unpaired) electrons. The molecule has 112 valence electrons. The Morgan fingerprint density at radius 2 is 2.10 bits per heavy atom. The predicted molar refractivity (Wildman–Crippen MR) is 82.1 cm³/mol. The Labute approximate surface area is 126 Å². The van der Waals surface area contributed by atoms with Crippen LogP contribution < -0.4 is 0 Å². The number of benzene rings is 1. The summed E-state index contributed by atoms with van der Waals surface area (Å²) in [5, 5.41) is 10.6. The zero-order chi connectivity index (χ0) is 14.8. The summed E-state index contributed by atoms with van der Waals surface area (Å²) in [6.07, 6.45) is 0.772. The summed E-state index contributed by atoms with van der Waals surface area (Å²) in [7, 11) is 0. The molecule has 0 bridgehead atoms. The molecule has 0 spiro atoms. The molecule has 0 unspecified atom stereocenters. The Bertz CT molecular complexity index is 444. The lowest BCUT2D eigenvalue weighted by molar-refractivity contribution is -0.0666. The Hall–Kier alpha value is -0.610. The van der Waals surface area contributed by atoms with E-state index in [2.05, 4.69) is 11.8 Å². The van der Waals surface area contributed by atoms with E-state index >= 15 is 0 Å². The smallest absolute Gasteiger partial charge is 0.0967 e. The van der Waals surface area contributed by atoms with Crippen molar-refractivity contribution in [3.05, 3.63) is 34.9 Å². The SMILES string of the molecule is C[C@@H]1CO[C@@H](c2ccccc2Cl)CN1CCC(C)(C)O. The molecule has 1 fully saturated rings. The highest BCUT2D eigenvalue weighted by Crippen LogP contribution is 2.30. The van der Waals surface area contributed by atoms with Gasteiger partial charge in [-0.05, 0) is 33.3 Å². The first-order valence-electron chi connectivity index (χ1n) is 7.19. The largest absolute Gasteiger partial charge is 0.390 e. The van der Waals surface area contributed by atoms with Crippen molar-refractivity contribution in [3.63, 3.8) is 0 Å². The molecule has 0 aromatic heterocycles. The van der Waals surface area contributed by atoms with E-state index in [-0.39, 0.29) is 6.10 Å². The summed E-state index contributed by atoms with van der Waals surface area (Å²) < 4.78 is 5.93. The van der Waals surface area contributed by atoms with Crippen LogP contribution in [0.2, 0.25) is 5.02 Å². The minimum Gasteiger partial charge on any atom is -0.390 e. The van der Waals surface area contributed by atoms with Crippen molar-refractivity contribution in [2.45, 2.75) is 44.9 Å². The number of ether oxygens (including phenoxy) is 1. The van der Waals surface area contributed by atoms with Gasteiger partial charge in [0.25, 0.3) is 0 Å². The standard InChI is InChI=1S/C16H24ClNO2/c1-12-11-20-15(13-6-4-5-7-14(13)17)10-18(12)9-8-16(2,3)19/h4-7,12,15,19H,8-11H2,1-3H3/t12-,15-/m1/s1. The number of rotatable bonds is 4. The van der Waals surface area contributed by atoms with E-state index in [1.807, 2.05) is 38.1 Å². The maximum Gasteiger partial charge on any atom is 0.0967 e. The van der Waals surface area contributed by atoms with Crippen LogP contribution in [0.15, 0.2) is 24.3 Å². The molecule has 1 aliphatic heterocycles. The molecule has 1 aromatic carbocycles. The fourth-order valence-corrected chi connectivity index (χ4v) is 2.72. The average molecular weight is 298 g/mol. The van der Waals surface area contributed by atoms with Crippen molar-refractivity contribution in [3.8, 4) is 0 Å². The molecule has 20 heavy (non-hydrogen) atoms. The molecular weight excluding hydrogens is 274 g/mol. The second kappa shape index (κ2) is 6.44. The van der Waals surface area contributed by atoms with E-state index in [9.17, 15) is 5.11 Å². The van der Waals surface area contributed by atoms with E-state index in [1.54, 1.807) is 0 Å². The first kappa shape index (κ1) is 15.8. The Morgan fingerprint density at radius 3 is 2.75 bits per heavy atom. The second-order valence-corrected chi connectivity index (χ2v) is 6.66. The van der Waals surface area contributed by atoms with Crippen LogP contribution in [-0.4, -0.2) is 41.3 Å². The van der Waals surface area contributed by atoms with Gasteiger partial charge in [0, 0.05) is 29.7 Å². The van der Waals surface area contributed by atoms with Crippen molar-refractivity contribution in [1.29, 1.82) is 0 Å². The molecule has 0 saturated carbocycles. The van der Waals surface area contributed by atoms with Crippen LogP contribution in [0.4, 0.5) is 0 Å². The monoisotopic (exact) mass is 297 g/mol. The van der Waals surface area contributed by atoms with Crippen LogP contribution in [0.1, 0.15) is 38.9 Å². The molecule has 0 aliphatic carbocycles.